The number of thiophene rings is 1. The number of rotatable bonds is 6. The van der Waals surface area contributed by atoms with Crippen LogP contribution in [0.1, 0.15) is 28.0 Å². The minimum absolute atomic E-state index is 0.0140. The normalized spacial score (nSPS) is 10.8. The van der Waals surface area contributed by atoms with Crippen molar-refractivity contribution >= 4 is 45.0 Å². The van der Waals surface area contributed by atoms with Crippen molar-refractivity contribution in [3.63, 3.8) is 0 Å². The summed E-state index contributed by atoms with van der Waals surface area (Å²) in [6.45, 7) is 5.17. The fourth-order valence-corrected chi connectivity index (χ4v) is 4.86. The third-order valence-electron chi connectivity index (χ3n) is 3.35. The average molecular weight is 379 g/mol. The molecule has 8 heteroatoms. The van der Waals surface area contributed by atoms with Gasteiger partial charge in [-0.15, -0.1) is 22.7 Å². The molecule has 0 atom stereocenters. The summed E-state index contributed by atoms with van der Waals surface area (Å²) in [7, 11) is 1.80. The molecule has 0 aliphatic rings. The van der Waals surface area contributed by atoms with E-state index in [0.29, 0.717) is 11.4 Å². The summed E-state index contributed by atoms with van der Waals surface area (Å²) < 4.78 is 0. The van der Waals surface area contributed by atoms with Crippen molar-refractivity contribution in [1.82, 2.24) is 14.9 Å². The lowest BCUT2D eigenvalue weighted by atomic mass is 10.3. The Kier molecular flexibility index (Phi) is 5.27. The monoisotopic (exact) mass is 378 g/mol. The topological polar surface area (TPSA) is 58.1 Å². The van der Waals surface area contributed by atoms with Gasteiger partial charge in [-0.25, -0.2) is 9.97 Å². The third kappa shape index (κ3) is 3.66. The molecule has 0 unspecified atom stereocenters. The van der Waals surface area contributed by atoms with Gasteiger partial charge in [-0.05, 0) is 25.3 Å². The molecule has 1 N–H and O–H groups in total. The molecule has 24 heavy (non-hydrogen) atoms. The third-order valence-corrected chi connectivity index (χ3v) is 6.38. The minimum atomic E-state index is -0.0140. The van der Waals surface area contributed by atoms with Crippen LogP contribution in [-0.4, -0.2) is 34.4 Å². The number of hydrogen-bond acceptors (Lipinski definition) is 7. The molecule has 0 radical (unpaired) electrons. The summed E-state index contributed by atoms with van der Waals surface area (Å²) in [5, 5.41) is 9.01. The number of carbonyl (C=O) groups excluding carboxylic acids is 1. The van der Waals surface area contributed by atoms with E-state index in [-0.39, 0.29) is 5.91 Å². The number of amides is 1. The maximum absolute atomic E-state index is 12.7. The van der Waals surface area contributed by atoms with E-state index in [0.717, 1.165) is 32.9 Å². The highest BCUT2D eigenvalue weighted by Crippen LogP contribution is 2.29. The number of anilines is 1. The van der Waals surface area contributed by atoms with E-state index >= 15 is 0 Å². The van der Waals surface area contributed by atoms with Gasteiger partial charge in [0.15, 0.2) is 5.13 Å². The van der Waals surface area contributed by atoms with Crippen LogP contribution in [0.2, 0.25) is 0 Å². The summed E-state index contributed by atoms with van der Waals surface area (Å²) in [4.78, 5) is 25.2. The molecule has 3 aromatic rings. The Morgan fingerprint density at radius 1 is 1.33 bits per heavy atom. The number of nitrogens with zero attached hydrogens (tertiary/aromatic N) is 3. The van der Waals surface area contributed by atoms with Crippen molar-refractivity contribution in [2.24, 2.45) is 0 Å². The Bertz CT molecular complexity index is 822. The number of aromatic nitrogens is 2. The molecule has 0 saturated heterocycles. The molecule has 3 aromatic heterocycles. The maximum atomic E-state index is 12.7. The van der Waals surface area contributed by atoms with E-state index in [1.807, 2.05) is 30.7 Å². The van der Waals surface area contributed by atoms with E-state index in [2.05, 4.69) is 21.4 Å². The van der Waals surface area contributed by atoms with Crippen molar-refractivity contribution in [3.05, 3.63) is 39.2 Å². The Hall–Kier alpha value is -1.77. The molecule has 5 nitrogen and oxygen atoms in total. The highest BCUT2D eigenvalue weighted by molar-refractivity contribution is 7.20. The molecule has 0 fully saturated rings. The van der Waals surface area contributed by atoms with Crippen LogP contribution in [-0.2, 0) is 6.54 Å². The van der Waals surface area contributed by atoms with Crippen LogP contribution < -0.4 is 5.32 Å². The molecule has 0 aliphatic carbocycles. The Balaban J connectivity index is 1.70. The first-order valence-corrected chi connectivity index (χ1v) is 10.1. The number of aryl methyl sites for hydroxylation is 1. The zero-order valence-electron chi connectivity index (χ0n) is 13.7. The van der Waals surface area contributed by atoms with Crippen molar-refractivity contribution < 1.29 is 4.79 Å². The van der Waals surface area contributed by atoms with Gasteiger partial charge in [0.2, 0.25) is 0 Å². The van der Waals surface area contributed by atoms with Crippen LogP contribution in [0, 0.1) is 6.92 Å². The van der Waals surface area contributed by atoms with Gasteiger partial charge in [-0.3, -0.25) is 4.79 Å². The second kappa shape index (κ2) is 7.42. The quantitative estimate of drug-likeness (QED) is 0.693. The largest absolute Gasteiger partial charge is 0.362 e. The zero-order chi connectivity index (χ0) is 17.1. The molecule has 3 rings (SSSR count). The van der Waals surface area contributed by atoms with Crippen molar-refractivity contribution in [1.29, 1.82) is 0 Å². The fourth-order valence-electron chi connectivity index (χ4n) is 2.20. The maximum Gasteiger partial charge on any atom is 0.266 e. The summed E-state index contributed by atoms with van der Waals surface area (Å²) in [5.74, 6) is -0.0140. The first-order chi connectivity index (χ1) is 11.6. The molecular formula is C16H18N4OS3. The SMILES string of the molecule is CCNc1nc(C)c(C(=O)N(C)Cc2csc(-c3cccs3)n2)s1. The van der Waals surface area contributed by atoms with Crippen LogP contribution in [0.5, 0.6) is 0 Å². The smallest absolute Gasteiger partial charge is 0.266 e. The lowest BCUT2D eigenvalue weighted by Gasteiger charge is -2.14. The van der Waals surface area contributed by atoms with Gasteiger partial charge < -0.3 is 10.2 Å². The average Bonchev–Trinajstić information content (AvgIpc) is 3.27. The molecule has 0 aromatic carbocycles. The fraction of sp³-hybridized carbons (Fsp3) is 0.312. The second-order valence-corrected chi connectivity index (χ2v) is 8.05. The molecule has 0 bridgehead atoms. The number of thiazole rings is 2. The summed E-state index contributed by atoms with van der Waals surface area (Å²) >= 11 is 4.69. The van der Waals surface area contributed by atoms with E-state index in [9.17, 15) is 4.79 Å². The van der Waals surface area contributed by atoms with Gasteiger partial charge in [0.1, 0.15) is 9.88 Å². The highest BCUT2D eigenvalue weighted by atomic mass is 32.1. The Labute approximate surface area is 153 Å². The van der Waals surface area contributed by atoms with Gasteiger partial charge in [-0.1, -0.05) is 17.4 Å². The molecule has 0 saturated carbocycles. The van der Waals surface area contributed by atoms with Gasteiger partial charge in [-0.2, -0.15) is 0 Å². The van der Waals surface area contributed by atoms with Crippen LogP contribution in [0.25, 0.3) is 9.88 Å². The summed E-state index contributed by atoms with van der Waals surface area (Å²) in [5.41, 5.74) is 1.68. The van der Waals surface area contributed by atoms with E-state index in [1.165, 1.54) is 11.3 Å². The van der Waals surface area contributed by atoms with E-state index in [4.69, 9.17) is 0 Å². The molecular weight excluding hydrogens is 360 g/mol. The standard InChI is InChI=1S/C16H18N4OS3/c1-4-17-16-18-10(2)13(24-16)15(21)20(3)8-11-9-23-14(19-11)12-6-5-7-22-12/h5-7,9H,4,8H2,1-3H3,(H,17,18). The van der Waals surface area contributed by atoms with Crippen molar-refractivity contribution in [3.8, 4) is 9.88 Å². The number of carbonyl (C=O) groups is 1. The second-order valence-electron chi connectivity index (χ2n) is 5.25. The van der Waals surface area contributed by atoms with Gasteiger partial charge in [0, 0.05) is 19.0 Å². The molecule has 126 valence electrons. The molecule has 3 heterocycles. The highest BCUT2D eigenvalue weighted by Gasteiger charge is 2.20. The van der Waals surface area contributed by atoms with Gasteiger partial charge >= 0.3 is 0 Å². The lowest BCUT2D eigenvalue weighted by Crippen LogP contribution is -2.26. The predicted molar refractivity (Wildman–Crippen MR) is 102 cm³/mol. The van der Waals surface area contributed by atoms with Crippen LogP contribution in [0.15, 0.2) is 22.9 Å². The van der Waals surface area contributed by atoms with Crippen molar-refractivity contribution in [2.45, 2.75) is 20.4 Å². The molecule has 1 amide bonds. The summed E-state index contributed by atoms with van der Waals surface area (Å²) in [6.07, 6.45) is 0. The lowest BCUT2D eigenvalue weighted by molar-refractivity contribution is 0.0787. The first-order valence-electron chi connectivity index (χ1n) is 7.53. The first kappa shape index (κ1) is 17.1. The summed E-state index contributed by atoms with van der Waals surface area (Å²) in [6, 6.07) is 4.08. The van der Waals surface area contributed by atoms with E-state index < -0.39 is 0 Å². The van der Waals surface area contributed by atoms with Gasteiger partial charge in [0.25, 0.3) is 5.91 Å². The van der Waals surface area contributed by atoms with Crippen molar-refractivity contribution in [2.75, 3.05) is 18.9 Å². The Morgan fingerprint density at radius 2 is 2.17 bits per heavy atom. The predicted octanol–water partition coefficient (Wildman–Crippen LogP) is 4.34. The number of hydrogen-bond donors (Lipinski definition) is 1. The van der Waals surface area contributed by atoms with Gasteiger partial charge in [0.05, 0.1) is 22.8 Å². The zero-order valence-corrected chi connectivity index (χ0v) is 16.1. The van der Waals surface area contributed by atoms with Crippen LogP contribution in [0.4, 0.5) is 5.13 Å². The van der Waals surface area contributed by atoms with E-state index in [1.54, 1.807) is 34.6 Å². The number of nitrogens with one attached hydrogen (secondary N) is 1. The minimum Gasteiger partial charge on any atom is -0.362 e. The molecule has 0 spiro atoms. The van der Waals surface area contributed by atoms with Crippen LogP contribution in [0.3, 0.4) is 0 Å². The Morgan fingerprint density at radius 3 is 2.88 bits per heavy atom. The van der Waals surface area contributed by atoms with Crippen LogP contribution >= 0.6 is 34.0 Å². The molecule has 0 aliphatic heterocycles.